The van der Waals surface area contributed by atoms with Crippen LogP contribution in [-0.2, 0) is 0 Å². The first-order chi connectivity index (χ1) is 8.19. The SMILES string of the molecule is COc1ccc(Cl)cc1/C=C/c1csc(N)n1. The minimum absolute atomic E-state index is 0.558. The molecular formula is C12H11ClN2OS. The summed E-state index contributed by atoms with van der Waals surface area (Å²) in [5.74, 6) is 0.772. The number of thiazole rings is 1. The van der Waals surface area contributed by atoms with Crippen molar-refractivity contribution in [1.29, 1.82) is 0 Å². The molecule has 0 spiro atoms. The monoisotopic (exact) mass is 266 g/mol. The largest absolute Gasteiger partial charge is 0.496 e. The fourth-order valence-electron chi connectivity index (χ4n) is 1.39. The molecule has 17 heavy (non-hydrogen) atoms. The van der Waals surface area contributed by atoms with E-state index in [0.717, 1.165) is 17.0 Å². The van der Waals surface area contributed by atoms with Crippen LogP contribution in [-0.4, -0.2) is 12.1 Å². The maximum atomic E-state index is 5.94. The van der Waals surface area contributed by atoms with E-state index in [1.807, 2.05) is 29.7 Å². The Morgan fingerprint density at radius 3 is 2.88 bits per heavy atom. The van der Waals surface area contributed by atoms with E-state index < -0.39 is 0 Å². The molecule has 0 aliphatic heterocycles. The molecule has 2 aromatic rings. The predicted octanol–water partition coefficient (Wildman–Crippen LogP) is 3.56. The topological polar surface area (TPSA) is 48.1 Å². The molecule has 3 nitrogen and oxygen atoms in total. The summed E-state index contributed by atoms with van der Waals surface area (Å²) < 4.78 is 5.24. The van der Waals surface area contributed by atoms with Crippen molar-refractivity contribution in [2.45, 2.75) is 0 Å². The quantitative estimate of drug-likeness (QED) is 0.924. The Hall–Kier alpha value is -1.52. The first-order valence-corrected chi connectivity index (χ1v) is 6.17. The summed E-state index contributed by atoms with van der Waals surface area (Å²) in [4.78, 5) is 4.14. The second kappa shape index (κ2) is 5.21. The third-order valence-corrected chi connectivity index (χ3v) is 3.09. The first-order valence-electron chi connectivity index (χ1n) is 4.91. The van der Waals surface area contributed by atoms with Gasteiger partial charge in [0.1, 0.15) is 5.75 Å². The Bertz CT molecular complexity index is 551. The van der Waals surface area contributed by atoms with Gasteiger partial charge in [-0.25, -0.2) is 4.98 Å². The van der Waals surface area contributed by atoms with Gasteiger partial charge in [0.25, 0.3) is 0 Å². The lowest BCUT2D eigenvalue weighted by Gasteiger charge is -2.04. The van der Waals surface area contributed by atoms with Gasteiger partial charge in [0, 0.05) is 16.0 Å². The van der Waals surface area contributed by atoms with Crippen LogP contribution in [0.25, 0.3) is 12.2 Å². The molecule has 0 bridgehead atoms. The van der Waals surface area contributed by atoms with E-state index in [1.54, 1.807) is 13.2 Å². The minimum Gasteiger partial charge on any atom is -0.496 e. The Kier molecular flexibility index (Phi) is 3.66. The van der Waals surface area contributed by atoms with Crippen molar-refractivity contribution in [3.63, 3.8) is 0 Å². The highest BCUT2D eigenvalue weighted by atomic mass is 35.5. The smallest absolute Gasteiger partial charge is 0.180 e. The van der Waals surface area contributed by atoms with E-state index in [1.165, 1.54) is 11.3 Å². The molecule has 1 aromatic heterocycles. The van der Waals surface area contributed by atoms with Gasteiger partial charge < -0.3 is 10.5 Å². The average molecular weight is 267 g/mol. The lowest BCUT2D eigenvalue weighted by Crippen LogP contribution is -1.86. The first kappa shape index (κ1) is 12.0. The lowest BCUT2D eigenvalue weighted by molar-refractivity contribution is 0.414. The van der Waals surface area contributed by atoms with Crippen LogP contribution in [0.5, 0.6) is 5.75 Å². The molecule has 1 aromatic carbocycles. The molecule has 0 aliphatic carbocycles. The van der Waals surface area contributed by atoms with Crippen LogP contribution in [0.2, 0.25) is 5.02 Å². The Balaban J connectivity index is 2.28. The van der Waals surface area contributed by atoms with Crippen LogP contribution in [0.3, 0.4) is 0 Å². The number of hydrogen-bond donors (Lipinski definition) is 1. The van der Waals surface area contributed by atoms with Gasteiger partial charge >= 0.3 is 0 Å². The van der Waals surface area contributed by atoms with Crippen molar-refractivity contribution >= 4 is 40.2 Å². The molecule has 0 atom stereocenters. The van der Waals surface area contributed by atoms with Crippen LogP contribution in [0.15, 0.2) is 23.6 Å². The van der Waals surface area contributed by atoms with Gasteiger partial charge in [-0.05, 0) is 30.4 Å². The molecule has 0 fully saturated rings. The normalized spacial score (nSPS) is 10.9. The van der Waals surface area contributed by atoms with Gasteiger partial charge in [0.05, 0.1) is 12.8 Å². The summed E-state index contributed by atoms with van der Waals surface area (Å²) in [6, 6.07) is 5.46. The number of anilines is 1. The van der Waals surface area contributed by atoms with Crippen molar-refractivity contribution in [2.75, 3.05) is 12.8 Å². The maximum Gasteiger partial charge on any atom is 0.180 e. The van der Waals surface area contributed by atoms with Gasteiger partial charge in [-0.3, -0.25) is 0 Å². The van der Waals surface area contributed by atoms with Crippen molar-refractivity contribution < 1.29 is 4.74 Å². The molecule has 0 unspecified atom stereocenters. The third-order valence-electron chi connectivity index (χ3n) is 2.17. The zero-order valence-corrected chi connectivity index (χ0v) is 10.8. The van der Waals surface area contributed by atoms with Crippen molar-refractivity contribution in [3.05, 3.63) is 39.9 Å². The number of nitrogen functional groups attached to an aromatic ring is 1. The summed E-state index contributed by atoms with van der Waals surface area (Å²) in [5.41, 5.74) is 7.29. The number of halogens is 1. The Morgan fingerprint density at radius 2 is 2.24 bits per heavy atom. The number of nitrogens with two attached hydrogens (primary N) is 1. The van der Waals surface area contributed by atoms with Gasteiger partial charge in [-0.15, -0.1) is 11.3 Å². The number of hydrogen-bond acceptors (Lipinski definition) is 4. The molecule has 0 saturated carbocycles. The zero-order chi connectivity index (χ0) is 12.3. The molecule has 2 N–H and O–H groups in total. The summed E-state index contributed by atoms with van der Waals surface area (Å²) in [6.07, 6.45) is 3.78. The van der Waals surface area contributed by atoms with Crippen molar-refractivity contribution in [1.82, 2.24) is 4.98 Å². The van der Waals surface area contributed by atoms with Crippen LogP contribution in [0.1, 0.15) is 11.3 Å². The minimum atomic E-state index is 0.558. The van der Waals surface area contributed by atoms with Gasteiger partial charge in [-0.1, -0.05) is 11.6 Å². The number of nitrogens with zero attached hydrogens (tertiary/aromatic N) is 1. The molecule has 0 radical (unpaired) electrons. The number of aromatic nitrogens is 1. The fraction of sp³-hybridized carbons (Fsp3) is 0.0833. The summed E-state index contributed by atoms with van der Waals surface area (Å²) >= 11 is 7.35. The highest BCUT2D eigenvalue weighted by Crippen LogP contribution is 2.24. The van der Waals surface area contributed by atoms with Crippen LogP contribution in [0, 0.1) is 0 Å². The van der Waals surface area contributed by atoms with E-state index in [2.05, 4.69) is 4.98 Å². The zero-order valence-electron chi connectivity index (χ0n) is 9.18. The van der Waals surface area contributed by atoms with E-state index in [0.29, 0.717) is 10.2 Å². The lowest BCUT2D eigenvalue weighted by atomic mass is 10.2. The molecule has 88 valence electrons. The average Bonchev–Trinajstić information content (AvgIpc) is 2.73. The number of rotatable bonds is 3. The fourth-order valence-corrected chi connectivity index (χ4v) is 2.10. The number of benzene rings is 1. The van der Waals surface area contributed by atoms with E-state index in [4.69, 9.17) is 22.1 Å². The second-order valence-electron chi connectivity index (χ2n) is 3.33. The molecule has 2 rings (SSSR count). The van der Waals surface area contributed by atoms with E-state index >= 15 is 0 Å². The molecule has 0 aliphatic rings. The summed E-state index contributed by atoms with van der Waals surface area (Å²) in [6.45, 7) is 0. The second-order valence-corrected chi connectivity index (χ2v) is 4.66. The van der Waals surface area contributed by atoms with Gasteiger partial charge in [0.15, 0.2) is 5.13 Å². The predicted molar refractivity (Wildman–Crippen MR) is 73.5 cm³/mol. The molecule has 5 heteroatoms. The van der Waals surface area contributed by atoms with Crippen LogP contribution >= 0.6 is 22.9 Å². The standard InChI is InChI=1S/C12H11ClN2OS/c1-16-11-5-3-9(13)6-8(11)2-4-10-7-17-12(14)15-10/h2-7H,1H3,(H2,14,15)/b4-2+. The Labute approximate surface area is 109 Å². The van der Waals surface area contributed by atoms with E-state index in [9.17, 15) is 0 Å². The number of ether oxygens (including phenoxy) is 1. The third kappa shape index (κ3) is 2.99. The highest BCUT2D eigenvalue weighted by Gasteiger charge is 2.01. The molecule has 1 heterocycles. The van der Waals surface area contributed by atoms with Crippen molar-refractivity contribution in [2.24, 2.45) is 0 Å². The molecule has 0 saturated heterocycles. The number of methoxy groups -OCH3 is 1. The van der Waals surface area contributed by atoms with Crippen LogP contribution < -0.4 is 10.5 Å². The Morgan fingerprint density at radius 1 is 1.41 bits per heavy atom. The molecular weight excluding hydrogens is 256 g/mol. The van der Waals surface area contributed by atoms with Gasteiger partial charge in [0.2, 0.25) is 0 Å². The maximum absolute atomic E-state index is 5.94. The molecule has 0 amide bonds. The highest BCUT2D eigenvalue weighted by molar-refractivity contribution is 7.13. The summed E-state index contributed by atoms with van der Waals surface area (Å²) in [7, 11) is 1.63. The summed E-state index contributed by atoms with van der Waals surface area (Å²) in [5, 5.41) is 3.12. The van der Waals surface area contributed by atoms with Crippen LogP contribution in [0.4, 0.5) is 5.13 Å². The van der Waals surface area contributed by atoms with E-state index in [-0.39, 0.29) is 0 Å². The van der Waals surface area contributed by atoms with Gasteiger partial charge in [-0.2, -0.15) is 0 Å². The van der Waals surface area contributed by atoms with Crippen molar-refractivity contribution in [3.8, 4) is 5.75 Å².